The van der Waals surface area contributed by atoms with Crippen LogP contribution >= 0.6 is 11.3 Å². The third kappa shape index (κ3) is 4.60. The second-order valence-electron chi connectivity index (χ2n) is 7.18. The first-order valence-electron chi connectivity index (χ1n) is 9.14. The van der Waals surface area contributed by atoms with E-state index in [2.05, 4.69) is 55.1 Å². The number of hydrogen-bond acceptors (Lipinski definition) is 3. The zero-order valence-corrected chi connectivity index (χ0v) is 16.2. The Morgan fingerprint density at radius 2 is 2.08 bits per heavy atom. The maximum Gasteiger partial charge on any atom is 0.123 e. The van der Waals surface area contributed by atoms with Gasteiger partial charge in [-0.1, -0.05) is 24.8 Å². The fraction of sp³-hybridized carbons (Fsp3) is 0.409. The minimum absolute atomic E-state index is 0.829. The monoisotopic (exact) mass is 352 g/mol. The maximum absolute atomic E-state index is 4.57. The van der Waals surface area contributed by atoms with Gasteiger partial charge in [-0.05, 0) is 74.9 Å². The van der Waals surface area contributed by atoms with E-state index in [4.69, 9.17) is 0 Å². The molecular formula is C22H28N2S. The number of piperidine rings is 1. The van der Waals surface area contributed by atoms with Crippen LogP contribution in [0.4, 0.5) is 0 Å². The lowest BCUT2D eigenvalue weighted by atomic mass is 9.89. The van der Waals surface area contributed by atoms with Crippen LogP contribution < -0.4 is 0 Å². The molecule has 132 valence electrons. The molecule has 0 amide bonds. The lowest BCUT2D eigenvalue weighted by molar-refractivity contribution is 0.235. The molecular weight excluding hydrogens is 324 g/mol. The van der Waals surface area contributed by atoms with Gasteiger partial charge in [-0.15, -0.1) is 11.3 Å². The number of likely N-dealkylation sites (tertiary alicyclic amines) is 1. The molecule has 1 aliphatic heterocycles. The van der Waals surface area contributed by atoms with Gasteiger partial charge in [-0.3, -0.25) is 0 Å². The first-order chi connectivity index (χ1) is 12.0. The highest BCUT2D eigenvalue weighted by molar-refractivity contribution is 7.14. The van der Waals surface area contributed by atoms with Crippen LogP contribution in [-0.2, 0) is 6.42 Å². The molecule has 1 aromatic heterocycles. The molecule has 0 spiro atoms. The van der Waals surface area contributed by atoms with Crippen molar-refractivity contribution in [3.63, 3.8) is 0 Å². The van der Waals surface area contributed by atoms with Crippen molar-refractivity contribution in [3.8, 4) is 10.6 Å². The molecule has 0 atom stereocenters. The SMILES string of the molecule is C=CN1CCC(CCc2cc(C(=C)C)cc(-c3ncc(C)s3)c2)CC1. The molecule has 2 nitrogen and oxygen atoms in total. The Balaban J connectivity index is 1.73. The van der Waals surface area contributed by atoms with Crippen molar-refractivity contribution in [1.82, 2.24) is 9.88 Å². The number of nitrogens with zero attached hydrogens (tertiary/aromatic N) is 2. The van der Waals surface area contributed by atoms with E-state index in [0.29, 0.717) is 0 Å². The minimum Gasteiger partial charge on any atom is -0.378 e. The Labute approximate surface area is 155 Å². The molecule has 1 aliphatic rings. The average Bonchev–Trinajstić information content (AvgIpc) is 3.06. The second kappa shape index (κ2) is 8.01. The topological polar surface area (TPSA) is 16.1 Å². The van der Waals surface area contributed by atoms with Crippen molar-refractivity contribution in [1.29, 1.82) is 0 Å². The summed E-state index contributed by atoms with van der Waals surface area (Å²) in [5, 5.41) is 1.11. The molecule has 1 fully saturated rings. The van der Waals surface area contributed by atoms with Crippen molar-refractivity contribution in [2.45, 2.75) is 39.5 Å². The Morgan fingerprint density at radius 3 is 2.68 bits per heavy atom. The lowest BCUT2D eigenvalue weighted by Crippen LogP contribution is -2.29. The number of rotatable bonds is 6. The van der Waals surface area contributed by atoms with E-state index in [1.165, 1.54) is 40.8 Å². The van der Waals surface area contributed by atoms with Crippen LogP contribution in [0.1, 0.15) is 42.2 Å². The van der Waals surface area contributed by atoms with Crippen LogP contribution in [-0.4, -0.2) is 23.0 Å². The van der Waals surface area contributed by atoms with Crippen LogP contribution in [0.5, 0.6) is 0 Å². The third-order valence-corrected chi connectivity index (χ3v) is 6.06. The Hall–Kier alpha value is -1.87. The van der Waals surface area contributed by atoms with Gasteiger partial charge >= 0.3 is 0 Å². The third-order valence-electron chi connectivity index (χ3n) is 5.10. The highest BCUT2D eigenvalue weighted by Gasteiger charge is 2.17. The first-order valence-corrected chi connectivity index (χ1v) is 9.96. The zero-order valence-electron chi connectivity index (χ0n) is 15.4. The van der Waals surface area contributed by atoms with Gasteiger partial charge in [0.1, 0.15) is 5.01 Å². The fourth-order valence-corrected chi connectivity index (χ4v) is 4.24. The summed E-state index contributed by atoms with van der Waals surface area (Å²) in [4.78, 5) is 8.16. The molecule has 0 aliphatic carbocycles. The van der Waals surface area contributed by atoms with E-state index >= 15 is 0 Å². The van der Waals surface area contributed by atoms with Gasteiger partial charge in [0.2, 0.25) is 0 Å². The van der Waals surface area contributed by atoms with Gasteiger partial charge in [0.05, 0.1) is 0 Å². The smallest absolute Gasteiger partial charge is 0.123 e. The summed E-state index contributed by atoms with van der Waals surface area (Å²) in [6.45, 7) is 14.5. The second-order valence-corrected chi connectivity index (χ2v) is 8.41. The fourth-order valence-electron chi connectivity index (χ4n) is 3.49. The van der Waals surface area contributed by atoms with Crippen LogP contribution in [0.2, 0.25) is 0 Å². The molecule has 0 bridgehead atoms. The van der Waals surface area contributed by atoms with E-state index in [9.17, 15) is 0 Å². The molecule has 0 unspecified atom stereocenters. The lowest BCUT2D eigenvalue weighted by Gasteiger charge is -2.30. The molecule has 1 aromatic carbocycles. The molecule has 3 rings (SSSR count). The Kier molecular flexibility index (Phi) is 5.74. The van der Waals surface area contributed by atoms with Crippen LogP contribution in [0.3, 0.4) is 0 Å². The molecule has 0 N–H and O–H groups in total. The Bertz CT molecular complexity index is 751. The molecule has 0 radical (unpaired) electrons. The van der Waals surface area contributed by atoms with E-state index < -0.39 is 0 Å². The zero-order chi connectivity index (χ0) is 17.8. The summed E-state index contributed by atoms with van der Waals surface area (Å²) in [7, 11) is 0. The predicted molar refractivity (Wildman–Crippen MR) is 110 cm³/mol. The standard InChI is InChI=1S/C22H28N2S/c1-5-24-10-8-18(9-11-24)6-7-19-12-20(16(2)3)14-21(13-19)22-23-15-17(4)25-22/h5,12-15,18H,1-2,6-11H2,3-4H3. The molecule has 1 saturated heterocycles. The molecule has 2 aromatic rings. The highest BCUT2D eigenvalue weighted by Crippen LogP contribution is 2.30. The van der Waals surface area contributed by atoms with Crippen molar-refractivity contribution < 1.29 is 0 Å². The van der Waals surface area contributed by atoms with Crippen molar-refractivity contribution in [2.24, 2.45) is 5.92 Å². The molecule has 25 heavy (non-hydrogen) atoms. The summed E-state index contributed by atoms with van der Waals surface area (Å²) >= 11 is 1.76. The number of allylic oxidation sites excluding steroid dienone is 1. The van der Waals surface area contributed by atoms with Crippen molar-refractivity contribution in [3.05, 3.63) is 59.8 Å². The summed E-state index contributed by atoms with van der Waals surface area (Å²) in [5.41, 5.74) is 5.00. The quantitative estimate of drug-likeness (QED) is 0.639. The van der Waals surface area contributed by atoms with Gasteiger partial charge in [0.25, 0.3) is 0 Å². The van der Waals surface area contributed by atoms with E-state index in [-0.39, 0.29) is 0 Å². The van der Waals surface area contributed by atoms with Crippen LogP contribution in [0, 0.1) is 12.8 Å². The van der Waals surface area contributed by atoms with Gasteiger partial charge in [0, 0.05) is 29.7 Å². The molecule has 3 heteroatoms. The largest absolute Gasteiger partial charge is 0.378 e. The van der Waals surface area contributed by atoms with Crippen LogP contribution in [0.15, 0.2) is 43.8 Å². The summed E-state index contributed by atoms with van der Waals surface area (Å²) in [6, 6.07) is 6.86. The highest BCUT2D eigenvalue weighted by atomic mass is 32.1. The van der Waals surface area contributed by atoms with E-state index in [1.807, 2.05) is 12.4 Å². The van der Waals surface area contributed by atoms with Crippen molar-refractivity contribution in [2.75, 3.05) is 13.1 Å². The van der Waals surface area contributed by atoms with Gasteiger partial charge < -0.3 is 4.90 Å². The number of thiazole rings is 1. The Morgan fingerprint density at radius 1 is 1.32 bits per heavy atom. The number of hydrogen-bond donors (Lipinski definition) is 0. The molecule has 0 saturated carbocycles. The van der Waals surface area contributed by atoms with Gasteiger partial charge in [-0.25, -0.2) is 4.98 Å². The normalized spacial score (nSPS) is 15.4. The number of aryl methyl sites for hydroxylation is 2. The number of benzene rings is 1. The maximum atomic E-state index is 4.57. The minimum atomic E-state index is 0.829. The summed E-state index contributed by atoms with van der Waals surface area (Å²) < 4.78 is 0. The average molecular weight is 353 g/mol. The van der Waals surface area contributed by atoms with E-state index in [1.54, 1.807) is 11.3 Å². The van der Waals surface area contributed by atoms with E-state index in [0.717, 1.165) is 36.0 Å². The molecule has 2 heterocycles. The summed E-state index contributed by atoms with van der Waals surface area (Å²) in [5.74, 6) is 0.829. The number of aromatic nitrogens is 1. The predicted octanol–water partition coefficient (Wildman–Crippen LogP) is 5.94. The first kappa shape index (κ1) is 17.9. The summed E-state index contributed by atoms with van der Waals surface area (Å²) in [6.07, 6.45) is 8.91. The van der Waals surface area contributed by atoms with Crippen LogP contribution in [0.25, 0.3) is 16.1 Å². The van der Waals surface area contributed by atoms with Gasteiger partial charge in [0.15, 0.2) is 0 Å². The van der Waals surface area contributed by atoms with Gasteiger partial charge in [-0.2, -0.15) is 0 Å². The van der Waals surface area contributed by atoms with Crippen molar-refractivity contribution >= 4 is 16.9 Å².